The van der Waals surface area contributed by atoms with Crippen molar-refractivity contribution in [2.75, 3.05) is 6.61 Å². The molecule has 4 aromatic rings. The van der Waals surface area contributed by atoms with E-state index < -0.39 is 0 Å². The molecule has 0 saturated heterocycles. The van der Waals surface area contributed by atoms with Crippen LogP contribution in [0, 0.1) is 0 Å². The summed E-state index contributed by atoms with van der Waals surface area (Å²) in [6, 6.07) is 23.2. The Morgan fingerprint density at radius 2 is 1.86 bits per heavy atom. The standard InChI is InChI=1S/C29H30ClN3O2/c1-3-9-23-10-4-7-13-27(23)35-19-8-18-33-26-12-6-5-11-25(26)32-29(33)21(2)31-28(34)20-22-14-16-24(30)17-15-22/h3-7,10-17,21H,1,8-9,18-20H2,2H3,(H,31,34). The number of hydrogen-bond acceptors (Lipinski definition) is 3. The number of hydrogen-bond donors (Lipinski definition) is 1. The quantitative estimate of drug-likeness (QED) is 0.199. The molecule has 1 N–H and O–H groups in total. The number of carbonyl (C=O) groups excluding carboxylic acids is 1. The van der Waals surface area contributed by atoms with Gasteiger partial charge in [-0.2, -0.15) is 0 Å². The Morgan fingerprint density at radius 3 is 2.66 bits per heavy atom. The lowest BCUT2D eigenvalue weighted by Crippen LogP contribution is -2.30. The van der Waals surface area contributed by atoms with Gasteiger partial charge in [0.2, 0.25) is 5.91 Å². The van der Waals surface area contributed by atoms with Gasteiger partial charge in [-0.15, -0.1) is 6.58 Å². The molecule has 6 heteroatoms. The van der Waals surface area contributed by atoms with Gasteiger partial charge in [0.05, 0.1) is 30.1 Å². The van der Waals surface area contributed by atoms with Crippen molar-refractivity contribution >= 4 is 28.5 Å². The van der Waals surface area contributed by atoms with Crippen molar-refractivity contribution < 1.29 is 9.53 Å². The Kier molecular flexibility index (Phi) is 8.22. The predicted octanol–water partition coefficient (Wildman–Crippen LogP) is 6.31. The number of allylic oxidation sites excluding steroid dienone is 1. The highest BCUT2D eigenvalue weighted by molar-refractivity contribution is 6.30. The smallest absolute Gasteiger partial charge is 0.224 e. The second-order valence-corrected chi connectivity index (χ2v) is 8.94. The highest BCUT2D eigenvalue weighted by Gasteiger charge is 2.18. The first kappa shape index (κ1) is 24.6. The molecule has 0 fully saturated rings. The summed E-state index contributed by atoms with van der Waals surface area (Å²) >= 11 is 5.95. The van der Waals surface area contributed by atoms with Gasteiger partial charge in [-0.25, -0.2) is 4.98 Å². The summed E-state index contributed by atoms with van der Waals surface area (Å²) in [5.41, 5.74) is 4.02. The van der Waals surface area contributed by atoms with Gasteiger partial charge in [0.25, 0.3) is 0 Å². The molecule has 0 aliphatic heterocycles. The van der Waals surface area contributed by atoms with E-state index in [1.54, 1.807) is 12.1 Å². The van der Waals surface area contributed by atoms with Gasteiger partial charge in [-0.05, 0) is 61.2 Å². The third-order valence-corrected chi connectivity index (χ3v) is 6.10. The fourth-order valence-electron chi connectivity index (χ4n) is 4.18. The van der Waals surface area contributed by atoms with E-state index in [0.717, 1.165) is 53.1 Å². The summed E-state index contributed by atoms with van der Waals surface area (Å²) in [6.45, 7) is 7.11. The molecule has 1 atom stereocenters. The van der Waals surface area contributed by atoms with E-state index in [1.807, 2.05) is 61.5 Å². The number of imidazole rings is 1. The van der Waals surface area contributed by atoms with E-state index in [-0.39, 0.29) is 11.9 Å². The monoisotopic (exact) mass is 487 g/mol. The van der Waals surface area contributed by atoms with Crippen LogP contribution in [0.3, 0.4) is 0 Å². The number of nitrogens with zero attached hydrogens (tertiary/aromatic N) is 2. The molecule has 0 aliphatic carbocycles. The van der Waals surface area contributed by atoms with Crippen LogP contribution < -0.4 is 10.1 Å². The number of nitrogens with one attached hydrogen (secondary N) is 1. The summed E-state index contributed by atoms with van der Waals surface area (Å²) < 4.78 is 8.26. The first-order valence-electron chi connectivity index (χ1n) is 11.9. The molecule has 3 aromatic carbocycles. The minimum absolute atomic E-state index is 0.0550. The largest absolute Gasteiger partial charge is 0.493 e. The third kappa shape index (κ3) is 6.31. The number of benzene rings is 3. The van der Waals surface area contributed by atoms with Crippen LogP contribution in [-0.4, -0.2) is 22.1 Å². The molecule has 0 spiro atoms. The van der Waals surface area contributed by atoms with Crippen molar-refractivity contribution in [1.29, 1.82) is 0 Å². The second-order valence-electron chi connectivity index (χ2n) is 8.51. The maximum Gasteiger partial charge on any atom is 0.224 e. The Hall–Kier alpha value is -3.57. The summed E-state index contributed by atoms with van der Waals surface area (Å²) in [6.07, 6.45) is 3.76. The van der Waals surface area contributed by atoms with Gasteiger partial charge in [0.1, 0.15) is 11.6 Å². The topological polar surface area (TPSA) is 56.1 Å². The van der Waals surface area contributed by atoms with Gasteiger partial charge < -0.3 is 14.6 Å². The molecule has 0 bridgehead atoms. The maximum absolute atomic E-state index is 12.7. The van der Waals surface area contributed by atoms with E-state index in [9.17, 15) is 4.79 Å². The summed E-state index contributed by atoms with van der Waals surface area (Å²) in [5, 5.41) is 3.76. The highest BCUT2D eigenvalue weighted by atomic mass is 35.5. The summed E-state index contributed by atoms with van der Waals surface area (Å²) in [5.74, 6) is 1.68. The lowest BCUT2D eigenvalue weighted by atomic mass is 10.1. The van der Waals surface area contributed by atoms with Gasteiger partial charge >= 0.3 is 0 Å². The average Bonchev–Trinajstić information content (AvgIpc) is 3.23. The van der Waals surface area contributed by atoms with Crippen molar-refractivity contribution in [2.24, 2.45) is 0 Å². The minimum Gasteiger partial charge on any atom is -0.493 e. The number of amides is 1. The number of aryl methyl sites for hydroxylation is 1. The van der Waals surface area contributed by atoms with Crippen molar-refractivity contribution in [1.82, 2.24) is 14.9 Å². The molecular formula is C29H30ClN3O2. The van der Waals surface area contributed by atoms with Gasteiger partial charge in [0, 0.05) is 11.6 Å². The highest BCUT2D eigenvalue weighted by Crippen LogP contribution is 2.23. The molecule has 0 aliphatic rings. The fourth-order valence-corrected chi connectivity index (χ4v) is 4.30. The number of ether oxygens (including phenoxy) is 1. The Morgan fingerprint density at radius 1 is 1.11 bits per heavy atom. The number of para-hydroxylation sites is 3. The molecule has 1 heterocycles. The number of rotatable bonds is 11. The van der Waals surface area contributed by atoms with Gasteiger partial charge in [-0.3, -0.25) is 4.79 Å². The van der Waals surface area contributed by atoms with Crippen molar-refractivity contribution in [2.45, 2.75) is 38.8 Å². The molecular weight excluding hydrogens is 458 g/mol. The fraction of sp³-hybridized carbons (Fsp3) is 0.241. The van der Waals surface area contributed by atoms with Crippen molar-refractivity contribution in [3.05, 3.63) is 107 Å². The van der Waals surface area contributed by atoms with Crippen LogP contribution in [0.4, 0.5) is 0 Å². The third-order valence-electron chi connectivity index (χ3n) is 5.85. The number of aromatic nitrogens is 2. The number of halogens is 1. The molecule has 1 unspecified atom stereocenters. The van der Waals surface area contributed by atoms with E-state index in [0.29, 0.717) is 18.1 Å². The molecule has 0 radical (unpaired) electrons. The van der Waals surface area contributed by atoms with Crippen LogP contribution in [0.5, 0.6) is 5.75 Å². The van der Waals surface area contributed by atoms with Crippen LogP contribution in [0.25, 0.3) is 11.0 Å². The van der Waals surface area contributed by atoms with E-state index in [4.69, 9.17) is 21.3 Å². The number of carbonyl (C=O) groups is 1. The Balaban J connectivity index is 1.43. The lowest BCUT2D eigenvalue weighted by Gasteiger charge is -2.17. The van der Waals surface area contributed by atoms with E-state index in [1.165, 1.54) is 0 Å². The molecule has 1 aromatic heterocycles. The van der Waals surface area contributed by atoms with E-state index >= 15 is 0 Å². The molecule has 4 rings (SSSR count). The first-order chi connectivity index (χ1) is 17.0. The van der Waals surface area contributed by atoms with Crippen molar-refractivity contribution in [3.63, 3.8) is 0 Å². The van der Waals surface area contributed by atoms with Crippen LogP contribution in [0.15, 0.2) is 85.5 Å². The Bertz CT molecular complexity index is 1300. The van der Waals surface area contributed by atoms with Crippen LogP contribution in [0.1, 0.15) is 36.3 Å². The Labute approximate surface area is 211 Å². The summed E-state index contributed by atoms with van der Waals surface area (Å²) in [4.78, 5) is 17.5. The zero-order chi connectivity index (χ0) is 24.6. The average molecular weight is 488 g/mol. The second kappa shape index (κ2) is 11.7. The van der Waals surface area contributed by atoms with Crippen LogP contribution in [-0.2, 0) is 24.2 Å². The number of fused-ring (bicyclic) bond motifs is 1. The molecule has 1 amide bonds. The van der Waals surface area contributed by atoms with Gasteiger partial charge in [-0.1, -0.05) is 60.1 Å². The van der Waals surface area contributed by atoms with Crippen molar-refractivity contribution in [3.8, 4) is 5.75 Å². The maximum atomic E-state index is 12.7. The predicted molar refractivity (Wildman–Crippen MR) is 142 cm³/mol. The molecule has 180 valence electrons. The summed E-state index contributed by atoms with van der Waals surface area (Å²) in [7, 11) is 0. The van der Waals surface area contributed by atoms with Gasteiger partial charge in [0.15, 0.2) is 0 Å². The molecule has 35 heavy (non-hydrogen) atoms. The molecule has 0 saturated carbocycles. The molecule has 5 nitrogen and oxygen atoms in total. The zero-order valence-electron chi connectivity index (χ0n) is 19.9. The van der Waals surface area contributed by atoms with Crippen LogP contribution in [0.2, 0.25) is 5.02 Å². The first-order valence-corrected chi connectivity index (χ1v) is 12.2. The lowest BCUT2D eigenvalue weighted by molar-refractivity contribution is -0.121. The zero-order valence-corrected chi connectivity index (χ0v) is 20.7. The van der Waals surface area contributed by atoms with Crippen LogP contribution >= 0.6 is 11.6 Å². The van der Waals surface area contributed by atoms with E-state index in [2.05, 4.69) is 28.6 Å². The normalized spacial score (nSPS) is 11.8. The minimum atomic E-state index is -0.239. The SMILES string of the molecule is C=CCc1ccccc1OCCCn1c(C(C)NC(=O)Cc2ccc(Cl)cc2)nc2ccccc21.